The molecule has 0 radical (unpaired) electrons. The lowest BCUT2D eigenvalue weighted by molar-refractivity contribution is -0.148. The fourth-order valence-corrected chi connectivity index (χ4v) is 5.94. The molecule has 5 rings (SSSR count). The molecule has 1 fully saturated rings. The first-order chi connectivity index (χ1) is 17.5. The molecule has 1 N–H and O–H groups in total. The molecule has 1 aromatic heterocycles. The first kappa shape index (κ1) is 24.1. The molecule has 36 heavy (non-hydrogen) atoms. The average Bonchev–Trinajstić information content (AvgIpc) is 3.22. The molecular weight excluding hydrogens is 475 g/mol. The van der Waals surface area contributed by atoms with Crippen molar-refractivity contribution in [2.75, 3.05) is 11.9 Å². The summed E-state index contributed by atoms with van der Waals surface area (Å²) in [6, 6.07) is 21.7. The Kier molecular flexibility index (Phi) is 6.83. The van der Waals surface area contributed by atoms with Gasteiger partial charge in [-0.25, -0.2) is 4.39 Å². The van der Waals surface area contributed by atoms with E-state index in [1.807, 2.05) is 66.2 Å². The van der Waals surface area contributed by atoms with Crippen LogP contribution in [0.2, 0.25) is 0 Å². The minimum atomic E-state index is -0.595. The Balaban J connectivity index is 1.42. The van der Waals surface area contributed by atoms with Crippen LogP contribution >= 0.6 is 11.8 Å². The van der Waals surface area contributed by atoms with Crippen molar-refractivity contribution in [2.45, 2.75) is 42.4 Å². The number of rotatable bonds is 8. The summed E-state index contributed by atoms with van der Waals surface area (Å²) in [4.78, 5) is 27.0. The van der Waals surface area contributed by atoms with E-state index in [2.05, 4.69) is 5.32 Å². The largest absolute Gasteiger partial charge is 0.465 e. The Hall–Kier alpha value is -3.58. The van der Waals surface area contributed by atoms with Crippen molar-refractivity contribution in [3.8, 4) is 0 Å². The van der Waals surface area contributed by atoms with Gasteiger partial charge in [-0.2, -0.15) is 0 Å². The van der Waals surface area contributed by atoms with Crippen molar-refractivity contribution >= 4 is 40.2 Å². The number of amides is 1. The number of carbonyl (C=O) groups is 2. The van der Waals surface area contributed by atoms with Crippen LogP contribution in [0.5, 0.6) is 0 Å². The number of esters is 1. The highest BCUT2D eigenvalue weighted by Crippen LogP contribution is 2.50. The van der Waals surface area contributed by atoms with Gasteiger partial charge >= 0.3 is 5.97 Å². The van der Waals surface area contributed by atoms with Crippen molar-refractivity contribution in [1.29, 1.82) is 0 Å². The molecule has 0 spiro atoms. The van der Waals surface area contributed by atoms with E-state index in [0.29, 0.717) is 24.4 Å². The Bertz CT molecular complexity index is 1410. The molecule has 184 valence electrons. The summed E-state index contributed by atoms with van der Waals surface area (Å²) >= 11 is 1.48. The quantitative estimate of drug-likeness (QED) is 0.274. The second-order valence-corrected chi connectivity index (χ2v) is 10.4. The van der Waals surface area contributed by atoms with Gasteiger partial charge in [0.05, 0.1) is 17.9 Å². The van der Waals surface area contributed by atoms with Crippen LogP contribution in [0.4, 0.5) is 10.1 Å². The molecule has 1 aliphatic rings. The predicted molar refractivity (Wildman–Crippen MR) is 141 cm³/mol. The fraction of sp³-hybridized carbons (Fsp3) is 0.241. The number of nitrogens with one attached hydrogen (secondary N) is 1. The van der Waals surface area contributed by atoms with E-state index >= 15 is 0 Å². The summed E-state index contributed by atoms with van der Waals surface area (Å²) in [6.07, 6.45) is 4.34. The van der Waals surface area contributed by atoms with E-state index in [1.165, 1.54) is 23.9 Å². The van der Waals surface area contributed by atoms with Gasteiger partial charge in [-0.15, -0.1) is 11.8 Å². The Morgan fingerprint density at radius 3 is 2.47 bits per heavy atom. The number of aromatic nitrogens is 1. The summed E-state index contributed by atoms with van der Waals surface area (Å²) in [5.41, 5.74) is 3.08. The number of halogens is 1. The summed E-state index contributed by atoms with van der Waals surface area (Å²) in [5, 5.41) is 3.91. The third-order valence-corrected chi connectivity index (χ3v) is 8.09. The molecular formula is C29H27FN2O3S. The molecule has 1 heterocycles. The predicted octanol–water partition coefficient (Wildman–Crippen LogP) is 6.66. The van der Waals surface area contributed by atoms with Gasteiger partial charge in [0, 0.05) is 28.5 Å². The number of thioether (sulfide) groups is 1. The third kappa shape index (κ3) is 4.75. The zero-order valence-electron chi connectivity index (χ0n) is 20.0. The molecule has 1 amide bonds. The van der Waals surface area contributed by atoms with E-state index < -0.39 is 4.75 Å². The molecule has 0 bridgehead atoms. The highest BCUT2D eigenvalue weighted by molar-refractivity contribution is 8.01. The van der Waals surface area contributed by atoms with Crippen LogP contribution < -0.4 is 5.32 Å². The average molecular weight is 503 g/mol. The zero-order valence-corrected chi connectivity index (χ0v) is 20.8. The van der Waals surface area contributed by atoms with Crippen molar-refractivity contribution < 1.29 is 18.7 Å². The van der Waals surface area contributed by atoms with Crippen LogP contribution in [0, 0.1) is 5.82 Å². The minimum Gasteiger partial charge on any atom is -0.465 e. The molecule has 7 heteroatoms. The van der Waals surface area contributed by atoms with Gasteiger partial charge in [0.15, 0.2) is 0 Å². The zero-order chi connectivity index (χ0) is 25.1. The molecule has 1 aliphatic carbocycles. The molecule has 4 aromatic rings. The van der Waals surface area contributed by atoms with Crippen LogP contribution in [0.25, 0.3) is 10.9 Å². The van der Waals surface area contributed by atoms with Crippen LogP contribution in [0.3, 0.4) is 0 Å². The molecule has 0 unspecified atom stereocenters. The lowest BCUT2D eigenvalue weighted by Crippen LogP contribution is -2.43. The number of para-hydroxylation sites is 2. The van der Waals surface area contributed by atoms with Crippen LogP contribution in [-0.2, 0) is 16.1 Å². The van der Waals surface area contributed by atoms with E-state index in [9.17, 15) is 14.0 Å². The van der Waals surface area contributed by atoms with Gasteiger partial charge in [0.1, 0.15) is 10.6 Å². The maximum atomic E-state index is 13.5. The van der Waals surface area contributed by atoms with Crippen molar-refractivity contribution in [3.05, 3.63) is 95.9 Å². The van der Waals surface area contributed by atoms with Gasteiger partial charge in [-0.1, -0.05) is 42.5 Å². The fourth-order valence-electron chi connectivity index (χ4n) is 4.51. The highest BCUT2D eigenvalue weighted by Gasteiger charge is 2.47. The number of hydrogen-bond acceptors (Lipinski definition) is 4. The lowest BCUT2D eigenvalue weighted by Gasteiger charge is -2.38. The van der Waals surface area contributed by atoms with E-state index in [4.69, 9.17) is 4.74 Å². The van der Waals surface area contributed by atoms with Gasteiger partial charge in [0.2, 0.25) is 0 Å². The summed E-state index contributed by atoms with van der Waals surface area (Å²) in [6.45, 7) is 2.68. The number of hydrogen-bond donors (Lipinski definition) is 1. The van der Waals surface area contributed by atoms with E-state index in [1.54, 1.807) is 12.1 Å². The maximum absolute atomic E-state index is 13.5. The second kappa shape index (κ2) is 10.2. The molecule has 1 saturated carbocycles. The molecule has 0 saturated heterocycles. The van der Waals surface area contributed by atoms with Crippen LogP contribution in [0.15, 0.2) is 83.9 Å². The third-order valence-electron chi connectivity index (χ3n) is 6.55. The number of fused-ring (bicyclic) bond motifs is 1. The smallest absolute Gasteiger partial charge is 0.322 e. The van der Waals surface area contributed by atoms with Gasteiger partial charge in [0.25, 0.3) is 5.91 Å². The minimum absolute atomic E-state index is 0.189. The van der Waals surface area contributed by atoms with E-state index in [-0.39, 0.29) is 17.7 Å². The summed E-state index contributed by atoms with van der Waals surface area (Å²) in [7, 11) is 0. The SMILES string of the molecule is CCOC(=O)C1(Sc2ccccc2NC(=O)c2cn(Cc3ccc(F)cc3)c3ccccc23)CCC1. The normalized spacial score (nSPS) is 14.3. The lowest BCUT2D eigenvalue weighted by atomic mass is 9.84. The van der Waals surface area contributed by atoms with Gasteiger partial charge in [-0.05, 0) is 62.1 Å². The number of ether oxygens (including phenoxy) is 1. The number of benzene rings is 3. The van der Waals surface area contributed by atoms with E-state index in [0.717, 1.165) is 40.6 Å². The van der Waals surface area contributed by atoms with Crippen molar-refractivity contribution in [1.82, 2.24) is 4.57 Å². The maximum Gasteiger partial charge on any atom is 0.322 e. The standard InChI is InChI=1S/C29H27FN2O3S/c1-2-35-28(34)29(16-7-17-29)36-26-11-6-4-9-24(26)31-27(33)23-19-32(25-10-5-3-8-22(23)25)18-20-12-14-21(30)15-13-20/h3-6,8-15,19H,2,7,16-18H2,1H3,(H,31,33). The topological polar surface area (TPSA) is 60.3 Å². The molecule has 0 aliphatic heterocycles. The monoisotopic (exact) mass is 502 g/mol. The second-order valence-electron chi connectivity index (χ2n) is 8.93. The highest BCUT2D eigenvalue weighted by atomic mass is 32.2. The van der Waals surface area contributed by atoms with Crippen LogP contribution in [-0.4, -0.2) is 27.8 Å². The van der Waals surface area contributed by atoms with Gasteiger partial charge < -0.3 is 14.6 Å². The number of anilines is 1. The summed E-state index contributed by atoms with van der Waals surface area (Å²) in [5.74, 6) is -0.693. The molecule has 3 aromatic carbocycles. The summed E-state index contributed by atoms with van der Waals surface area (Å²) < 4.78 is 20.1. The van der Waals surface area contributed by atoms with Crippen LogP contribution in [0.1, 0.15) is 42.1 Å². The van der Waals surface area contributed by atoms with Crippen molar-refractivity contribution in [3.63, 3.8) is 0 Å². The first-order valence-electron chi connectivity index (χ1n) is 12.1. The first-order valence-corrected chi connectivity index (χ1v) is 12.9. The molecule has 0 atom stereocenters. The Morgan fingerprint density at radius 1 is 1.03 bits per heavy atom. The van der Waals surface area contributed by atoms with Gasteiger partial charge in [-0.3, -0.25) is 9.59 Å². The Morgan fingerprint density at radius 2 is 1.75 bits per heavy atom. The number of carbonyl (C=O) groups excluding carboxylic acids is 2. The molecule has 5 nitrogen and oxygen atoms in total. The van der Waals surface area contributed by atoms with Crippen molar-refractivity contribution in [2.24, 2.45) is 0 Å². The number of nitrogens with zero attached hydrogens (tertiary/aromatic N) is 1. The Labute approximate surface area is 213 Å².